The molecule has 222 valence electrons. The molecular formula is C32H54NO6+. The molecule has 0 amide bonds. The number of ether oxygens (including phenoxy) is 2. The third-order valence-electron chi connectivity index (χ3n) is 5.91. The average molecular weight is 549 g/mol. The lowest BCUT2D eigenvalue weighted by molar-refractivity contribution is -0.887. The van der Waals surface area contributed by atoms with Crippen LogP contribution in [0.4, 0.5) is 0 Å². The zero-order chi connectivity index (χ0) is 29.2. The Morgan fingerprint density at radius 3 is 1.82 bits per heavy atom. The van der Waals surface area contributed by atoms with Crippen LogP contribution in [-0.4, -0.2) is 79.7 Å². The Hall–Kier alpha value is -2.48. The number of quaternary nitrogens is 1. The molecule has 0 spiro atoms. The summed E-state index contributed by atoms with van der Waals surface area (Å²) in [7, 11) is 5.45. The fourth-order valence-corrected chi connectivity index (χ4v) is 3.64. The number of nitrogens with zero attached hydrogens (tertiary/aromatic N) is 1. The normalized spacial score (nSPS) is 14.4. The molecule has 0 rings (SSSR count). The third-order valence-corrected chi connectivity index (χ3v) is 5.91. The minimum Gasteiger partial charge on any atom is -0.477 e. The maximum absolute atomic E-state index is 11.9. The lowest BCUT2D eigenvalue weighted by Gasteiger charge is -2.31. The van der Waals surface area contributed by atoms with Crippen LogP contribution >= 0.6 is 0 Å². The number of carbonyl (C=O) groups is 2. The molecule has 2 unspecified atom stereocenters. The van der Waals surface area contributed by atoms with Gasteiger partial charge in [-0.3, -0.25) is 4.79 Å². The molecule has 2 atom stereocenters. The van der Waals surface area contributed by atoms with Crippen LogP contribution < -0.4 is 0 Å². The summed E-state index contributed by atoms with van der Waals surface area (Å²) in [5, 5.41) is 19.2. The summed E-state index contributed by atoms with van der Waals surface area (Å²) in [6.45, 7) is 2.25. The van der Waals surface area contributed by atoms with Gasteiger partial charge in [0.15, 0.2) is 6.04 Å². The van der Waals surface area contributed by atoms with Gasteiger partial charge in [-0.25, -0.2) is 4.79 Å². The van der Waals surface area contributed by atoms with Crippen LogP contribution in [0.25, 0.3) is 0 Å². The molecule has 39 heavy (non-hydrogen) atoms. The van der Waals surface area contributed by atoms with Crippen molar-refractivity contribution in [3.05, 3.63) is 60.8 Å². The summed E-state index contributed by atoms with van der Waals surface area (Å²) in [4.78, 5) is 23.2. The van der Waals surface area contributed by atoms with Gasteiger partial charge in [0.25, 0.3) is 0 Å². The van der Waals surface area contributed by atoms with Crippen molar-refractivity contribution in [3.8, 4) is 0 Å². The van der Waals surface area contributed by atoms with E-state index >= 15 is 0 Å². The van der Waals surface area contributed by atoms with Gasteiger partial charge < -0.3 is 24.2 Å². The fraction of sp³-hybridized carbons (Fsp3) is 0.625. The zero-order valence-electron chi connectivity index (χ0n) is 24.8. The van der Waals surface area contributed by atoms with E-state index in [2.05, 4.69) is 67.7 Å². The highest BCUT2D eigenvalue weighted by molar-refractivity contribution is 5.72. The number of likely N-dealkylation sites (N-methyl/N-ethyl adjacent to an activating group) is 1. The lowest BCUT2D eigenvalue weighted by atomic mass is 10.1. The molecule has 0 aliphatic heterocycles. The summed E-state index contributed by atoms with van der Waals surface area (Å²) in [5.41, 5.74) is 0. The van der Waals surface area contributed by atoms with Crippen molar-refractivity contribution < 1.29 is 33.8 Å². The first-order valence-electron chi connectivity index (χ1n) is 14.4. The van der Waals surface area contributed by atoms with Crippen molar-refractivity contribution in [2.24, 2.45) is 0 Å². The van der Waals surface area contributed by atoms with Crippen molar-refractivity contribution in [3.63, 3.8) is 0 Å². The standard InChI is InChI=1S/C32H53NO6/c1-5-6-7-8-9-10-11-12-13-14-15-16-17-18-19-20-21-22-23-24-31(35)39-28-29(34)27-38-26-25-30(32(36)37)33(2,3)4/h6-7,9-10,12-13,15-16,18-19,29-30,34H,5,8,11,14,17,20-28H2,1-4H3/p+1/b7-6-,10-9-,13-12-,16-15-,19-18-. The second kappa shape index (κ2) is 24.6. The molecule has 0 aliphatic rings. The van der Waals surface area contributed by atoms with Gasteiger partial charge in [0.05, 0.1) is 34.4 Å². The van der Waals surface area contributed by atoms with Crippen molar-refractivity contribution >= 4 is 11.9 Å². The first-order chi connectivity index (χ1) is 18.7. The number of unbranched alkanes of at least 4 members (excludes halogenated alkanes) is 3. The van der Waals surface area contributed by atoms with Crippen molar-refractivity contribution in [1.82, 2.24) is 0 Å². The minimum absolute atomic E-state index is 0.00398. The van der Waals surface area contributed by atoms with Crippen molar-refractivity contribution in [2.45, 2.75) is 89.7 Å². The van der Waals surface area contributed by atoms with E-state index in [0.29, 0.717) is 17.3 Å². The van der Waals surface area contributed by atoms with Crippen LogP contribution in [0.2, 0.25) is 0 Å². The number of aliphatic hydroxyl groups excluding tert-OH is 1. The lowest BCUT2D eigenvalue weighted by Crippen LogP contribution is -2.50. The number of carbonyl (C=O) groups excluding carboxylic acids is 1. The molecule has 2 N–H and O–H groups in total. The predicted molar refractivity (Wildman–Crippen MR) is 159 cm³/mol. The number of aliphatic carboxylic acids is 1. The molecule has 0 aromatic heterocycles. The van der Waals surface area contributed by atoms with E-state index in [1.165, 1.54) is 0 Å². The first-order valence-corrected chi connectivity index (χ1v) is 14.4. The fourth-order valence-electron chi connectivity index (χ4n) is 3.64. The van der Waals surface area contributed by atoms with Gasteiger partial charge in [0.1, 0.15) is 12.7 Å². The van der Waals surface area contributed by atoms with Gasteiger partial charge in [-0.2, -0.15) is 0 Å². The SMILES string of the molecule is CC/C=C\C/C=C\C/C=C\C/C=C\C/C=C\CCCCCC(=O)OCC(O)COCCC(C(=O)O)[N+](C)(C)C. The molecule has 7 nitrogen and oxygen atoms in total. The number of allylic oxidation sites excluding steroid dienone is 10. The van der Waals surface area contributed by atoms with E-state index in [9.17, 15) is 19.8 Å². The molecule has 0 saturated carbocycles. The Bertz CT molecular complexity index is 776. The van der Waals surface area contributed by atoms with Gasteiger partial charge in [-0.05, 0) is 51.4 Å². The molecule has 0 radical (unpaired) electrons. The van der Waals surface area contributed by atoms with Gasteiger partial charge in [-0.1, -0.05) is 74.1 Å². The van der Waals surface area contributed by atoms with E-state index in [0.717, 1.165) is 57.8 Å². The van der Waals surface area contributed by atoms with Gasteiger partial charge in [0.2, 0.25) is 0 Å². The Morgan fingerprint density at radius 2 is 1.31 bits per heavy atom. The second-order valence-electron chi connectivity index (χ2n) is 10.5. The largest absolute Gasteiger partial charge is 0.477 e. The molecule has 0 heterocycles. The van der Waals surface area contributed by atoms with Crippen LogP contribution in [0.1, 0.15) is 77.6 Å². The van der Waals surface area contributed by atoms with E-state index in [-0.39, 0.29) is 25.8 Å². The first kappa shape index (κ1) is 36.5. The van der Waals surface area contributed by atoms with Crippen molar-refractivity contribution in [1.29, 1.82) is 0 Å². The number of hydrogen-bond donors (Lipinski definition) is 2. The number of aliphatic hydroxyl groups is 1. The highest BCUT2D eigenvalue weighted by Gasteiger charge is 2.30. The summed E-state index contributed by atoms with van der Waals surface area (Å²) in [6, 6.07) is -0.582. The second-order valence-corrected chi connectivity index (χ2v) is 10.5. The smallest absolute Gasteiger partial charge is 0.362 e. The van der Waals surface area contributed by atoms with Gasteiger partial charge >= 0.3 is 11.9 Å². The van der Waals surface area contributed by atoms with Gasteiger partial charge in [-0.15, -0.1) is 0 Å². The van der Waals surface area contributed by atoms with E-state index in [1.807, 2.05) is 21.1 Å². The Morgan fingerprint density at radius 1 is 0.769 bits per heavy atom. The quantitative estimate of drug-likeness (QED) is 0.0650. The monoisotopic (exact) mass is 548 g/mol. The molecule has 0 aromatic rings. The van der Waals surface area contributed by atoms with Crippen LogP contribution in [-0.2, 0) is 19.1 Å². The molecule has 0 saturated heterocycles. The summed E-state index contributed by atoms with van der Waals surface area (Å²) in [6.07, 6.45) is 30.4. The van der Waals surface area contributed by atoms with Crippen LogP contribution in [0.15, 0.2) is 60.8 Å². The number of esters is 1. The molecular weight excluding hydrogens is 494 g/mol. The summed E-state index contributed by atoms with van der Waals surface area (Å²) in [5.74, 6) is -1.20. The average Bonchev–Trinajstić information content (AvgIpc) is 2.87. The number of hydrogen-bond acceptors (Lipinski definition) is 5. The predicted octanol–water partition coefficient (Wildman–Crippen LogP) is 6.16. The maximum atomic E-state index is 11.9. The van der Waals surface area contributed by atoms with E-state index in [4.69, 9.17) is 9.47 Å². The van der Waals surface area contributed by atoms with Crippen LogP contribution in [0, 0.1) is 0 Å². The molecule has 7 heteroatoms. The molecule has 0 aliphatic carbocycles. The van der Waals surface area contributed by atoms with E-state index < -0.39 is 18.1 Å². The topological polar surface area (TPSA) is 93.1 Å². The van der Waals surface area contributed by atoms with Crippen LogP contribution in [0.5, 0.6) is 0 Å². The zero-order valence-corrected chi connectivity index (χ0v) is 24.8. The Balaban J connectivity index is 3.68. The minimum atomic E-state index is -0.920. The summed E-state index contributed by atoms with van der Waals surface area (Å²) >= 11 is 0. The van der Waals surface area contributed by atoms with E-state index in [1.54, 1.807) is 0 Å². The highest BCUT2D eigenvalue weighted by atomic mass is 16.5. The molecule has 0 bridgehead atoms. The van der Waals surface area contributed by atoms with Gasteiger partial charge in [0, 0.05) is 12.8 Å². The molecule has 0 aromatic carbocycles. The molecule has 0 fully saturated rings. The van der Waals surface area contributed by atoms with Crippen molar-refractivity contribution in [2.75, 3.05) is 41.0 Å². The highest BCUT2D eigenvalue weighted by Crippen LogP contribution is 2.09. The number of carboxylic acid groups (broad SMARTS) is 1. The van der Waals surface area contributed by atoms with Crippen LogP contribution in [0.3, 0.4) is 0 Å². The third kappa shape index (κ3) is 24.3. The number of rotatable bonds is 24. The Kier molecular flexibility index (Phi) is 23.0. The summed E-state index contributed by atoms with van der Waals surface area (Å²) < 4.78 is 10.8. The Labute approximate surface area is 237 Å². The number of carboxylic acids is 1. The maximum Gasteiger partial charge on any atom is 0.362 e.